The van der Waals surface area contributed by atoms with E-state index in [4.69, 9.17) is 28.6 Å². The lowest BCUT2D eigenvalue weighted by Crippen LogP contribution is -2.47. The van der Waals surface area contributed by atoms with Crippen LogP contribution in [0.15, 0.2) is 76.6 Å². The zero-order chi connectivity index (χ0) is 20.1. The molecule has 0 aliphatic heterocycles. The quantitative estimate of drug-likeness (QED) is 0.194. The van der Waals surface area contributed by atoms with Crippen molar-refractivity contribution < 1.29 is 13.8 Å². The SMILES string of the molecule is CN(C)c1cc[n+]([C@H](C(=O)c2ccccc2Cl)C([S-])=NCc2ccco2)cc1. The molecule has 0 bridgehead atoms. The number of ketones is 1. The van der Waals surface area contributed by atoms with Gasteiger partial charge in [-0.2, -0.15) is 4.57 Å². The number of nitrogens with zero attached hydrogens (tertiary/aromatic N) is 3. The molecular formula is C21H20ClN3O2S. The molecule has 0 unspecified atom stereocenters. The molecule has 28 heavy (non-hydrogen) atoms. The minimum absolute atomic E-state index is 0.207. The van der Waals surface area contributed by atoms with E-state index in [0.29, 0.717) is 16.3 Å². The van der Waals surface area contributed by atoms with E-state index in [2.05, 4.69) is 4.99 Å². The number of carbonyl (C=O) groups excluding carboxylic acids is 1. The molecule has 3 aromatic rings. The van der Waals surface area contributed by atoms with Crippen LogP contribution in [0.5, 0.6) is 0 Å². The van der Waals surface area contributed by atoms with Gasteiger partial charge in [-0.05, 0) is 29.3 Å². The molecule has 0 N–H and O–H groups in total. The van der Waals surface area contributed by atoms with Gasteiger partial charge in [-0.15, -0.1) is 0 Å². The highest BCUT2D eigenvalue weighted by Gasteiger charge is 2.29. The van der Waals surface area contributed by atoms with Crippen molar-refractivity contribution in [2.24, 2.45) is 4.99 Å². The van der Waals surface area contributed by atoms with Gasteiger partial charge in [0.25, 0.3) is 0 Å². The van der Waals surface area contributed by atoms with Crippen molar-refractivity contribution in [3.05, 3.63) is 83.5 Å². The van der Waals surface area contributed by atoms with Gasteiger partial charge in [0.1, 0.15) is 5.76 Å². The van der Waals surface area contributed by atoms with E-state index < -0.39 is 6.04 Å². The third kappa shape index (κ3) is 4.58. The Labute approximate surface area is 174 Å². The van der Waals surface area contributed by atoms with Crippen LogP contribution in [0.1, 0.15) is 22.2 Å². The first kappa shape index (κ1) is 20.0. The lowest BCUT2D eigenvalue weighted by Gasteiger charge is -2.20. The average molecular weight is 414 g/mol. The predicted molar refractivity (Wildman–Crippen MR) is 113 cm³/mol. The first-order valence-corrected chi connectivity index (χ1v) is 9.46. The Morgan fingerprint density at radius 1 is 1.18 bits per heavy atom. The molecule has 5 nitrogen and oxygen atoms in total. The molecule has 7 heteroatoms. The summed E-state index contributed by atoms with van der Waals surface area (Å²) in [4.78, 5) is 19.7. The Hall–Kier alpha value is -2.70. The maximum absolute atomic E-state index is 13.3. The number of pyridine rings is 1. The summed E-state index contributed by atoms with van der Waals surface area (Å²) in [5.74, 6) is 0.473. The summed E-state index contributed by atoms with van der Waals surface area (Å²) in [6.45, 7) is 0.272. The number of rotatable bonds is 7. The van der Waals surface area contributed by atoms with Gasteiger partial charge in [0.05, 0.1) is 17.8 Å². The fourth-order valence-electron chi connectivity index (χ4n) is 2.73. The first-order chi connectivity index (χ1) is 13.5. The van der Waals surface area contributed by atoms with E-state index >= 15 is 0 Å². The Bertz CT molecular complexity index is 970. The number of aromatic nitrogens is 1. The van der Waals surface area contributed by atoms with Gasteiger partial charge in [-0.3, -0.25) is 4.79 Å². The van der Waals surface area contributed by atoms with Crippen LogP contribution < -0.4 is 9.47 Å². The number of hydrogen-bond acceptors (Lipinski definition) is 5. The van der Waals surface area contributed by atoms with Gasteiger partial charge in [-0.1, -0.05) is 23.7 Å². The van der Waals surface area contributed by atoms with Crippen LogP contribution in [0.4, 0.5) is 5.69 Å². The number of carbonyl (C=O) groups is 1. The monoisotopic (exact) mass is 413 g/mol. The van der Waals surface area contributed by atoms with Crippen molar-refractivity contribution in [3.8, 4) is 0 Å². The van der Waals surface area contributed by atoms with Crippen LogP contribution in [-0.4, -0.2) is 24.9 Å². The maximum Gasteiger partial charge on any atom is 0.237 e. The summed E-state index contributed by atoms with van der Waals surface area (Å²) < 4.78 is 7.06. The number of furan rings is 1. The van der Waals surface area contributed by atoms with Gasteiger partial charge in [0, 0.05) is 37.5 Å². The molecule has 144 valence electrons. The number of aliphatic imine (C=N–C) groups is 1. The van der Waals surface area contributed by atoms with Crippen LogP contribution >= 0.6 is 11.6 Å². The molecule has 2 heterocycles. The van der Waals surface area contributed by atoms with E-state index in [-0.39, 0.29) is 17.4 Å². The number of hydrogen-bond donors (Lipinski definition) is 0. The molecule has 1 aromatic carbocycles. The standard InChI is InChI=1S/C21H20ClN3O2S/c1-24(2)15-9-11-25(12-10-15)19(20(26)17-7-3-4-8-18(17)22)21(28)23-14-16-6-5-13-27-16/h3-13,19H,14H2,1-2H3/t19-/m1/s1. The summed E-state index contributed by atoms with van der Waals surface area (Å²) >= 11 is 11.8. The predicted octanol–water partition coefficient (Wildman–Crippen LogP) is 3.86. The summed E-state index contributed by atoms with van der Waals surface area (Å²) in [7, 11) is 3.91. The molecule has 0 saturated heterocycles. The van der Waals surface area contributed by atoms with Gasteiger partial charge < -0.3 is 26.9 Å². The van der Waals surface area contributed by atoms with E-state index in [1.165, 1.54) is 0 Å². The number of anilines is 1. The molecule has 0 aliphatic carbocycles. The zero-order valence-electron chi connectivity index (χ0n) is 15.6. The normalized spacial score (nSPS) is 12.6. The van der Waals surface area contributed by atoms with Crippen LogP contribution in [-0.2, 0) is 19.2 Å². The molecular weight excluding hydrogens is 394 g/mol. The molecule has 0 aliphatic rings. The first-order valence-electron chi connectivity index (χ1n) is 8.68. The van der Waals surface area contributed by atoms with Gasteiger partial charge in [0.15, 0.2) is 12.4 Å². The largest absolute Gasteiger partial charge is 0.758 e. The van der Waals surface area contributed by atoms with Crippen molar-refractivity contribution in [3.63, 3.8) is 0 Å². The summed E-state index contributed by atoms with van der Waals surface area (Å²) in [6, 6.07) is 13.6. The van der Waals surface area contributed by atoms with Crippen molar-refractivity contribution in [2.45, 2.75) is 12.6 Å². The van der Waals surface area contributed by atoms with Crippen molar-refractivity contribution in [1.82, 2.24) is 0 Å². The maximum atomic E-state index is 13.3. The summed E-state index contributed by atoms with van der Waals surface area (Å²) in [5, 5.41) is 0.653. The highest BCUT2D eigenvalue weighted by molar-refractivity contribution is 7.77. The summed E-state index contributed by atoms with van der Waals surface area (Å²) in [6.07, 6.45) is 5.22. The second-order valence-electron chi connectivity index (χ2n) is 6.38. The van der Waals surface area contributed by atoms with E-state index in [1.54, 1.807) is 41.2 Å². The number of Topliss-reactive ketones (excluding diaryl/α,β-unsaturated/α-hetero) is 1. The molecule has 0 spiro atoms. The molecule has 2 aromatic heterocycles. The molecule has 1 atom stereocenters. The molecule has 0 radical (unpaired) electrons. The highest BCUT2D eigenvalue weighted by Crippen LogP contribution is 2.21. The molecule has 0 fully saturated rings. The van der Waals surface area contributed by atoms with Crippen molar-refractivity contribution >= 4 is 40.7 Å². The minimum atomic E-state index is -0.777. The lowest BCUT2D eigenvalue weighted by atomic mass is 10.0. The fourth-order valence-corrected chi connectivity index (χ4v) is 3.25. The van der Waals surface area contributed by atoms with Crippen molar-refractivity contribution in [1.29, 1.82) is 0 Å². The van der Waals surface area contributed by atoms with E-state index in [9.17, 15) is 4.79 Å². The Morgan fingerprint density at radius 3 is 2.50 bits per heavy atom. The van der Waals surface area contributed by atoms with E-state index in [1.807, 2.05) is 49.6 Å². The fraction of sp³-hybridized carbons (Fsp3) is 0.190. The Balaban J connectivity index is 1.98. The van der Waals surface area contributed by atoms with Crippen LogP contribution in [0.25, 0.3) is 0 Å². The number of benzene rings is 1. The van der Waals surface area contributed by atoms with E-state index in [0.717, 1.165) is 5.69 Å². The minimum Gasteiger partial charge on any atom is -0.758 e. The highest BCUT2D eigenvalue weighted by atomic mass is 35.5. The Kier molecular flexibility index (Phi) is 6.44. The van der Waals surface area contributed by atoms with Crippen LogP contribution in [0.2, 0.25) is 5.02 Å². The smallest absolute Gasteiger partial charge is 0.237 e. The molecule has 0 saturated carbocycles. The molecule has 0 amide bonds. The van der Waals surface area contributed by atoms with Crippen molar-refractivity contribution in [2.75, 3.05) is 19.0 Å². The van der Waals surface area contributed by atoms with Gasteiger partial charge in [-0.25, -0.2) is 0 Å². The summed E-state index contributed by atoms with van der Waals surface area (Å²) in [5.41, 5.74) is 1.42. The Morgan fingerprint density at radius 2 is 1.89 bits per heavy atom. The van der Waals surface area contributed by atoms with Gasteiger partial charge >= 0.3 is 0 Å². The molecule has 3 rings (SSSR count). The number of halogens is 1. The van der Waals surface area contributed by atoms with Gasteiger partial charge in [0.2, 0.25) is 11.8 Å². The lowest BCUT2D eigenvalue weighted by molar-refractivity contribution is -0.691. The zero-order valence-corrected chi connectivity index (χ0v) is 17.2. The average Bonchev–Trinajstić information content (AvgIpc) is 3.21. The second-order valence-corrected chi connectivity index (χ2v) is 7.20. The van der Waals surface area contributed by atoms with Crippen LogP contribution in [0, 0.1) is 0 Å². The topological polar surface area (TPSA) is 49.7 Å². The third-order valence-electron chi connectivity index (χ3n) is 4.24. The van der Waals surface area contributed by atoms with Crippen LogP contribution in [0.3, 0.4) is 0 Å². The second kappa shape index (κ2) is 8.99. The third-order valence-corrected chi connectivity index (χ3v) is 4.92.